The largest absolute Gasteiger partial charge is 0.508 e. The number of benzene rings is 5. The number of nitrogens with two attached hydrogens (primary N) is 1. The van der Waals surface area contributed by atoms with Crippen molar-refractivity contribution >= 4 is 65.3 Å². The minimum atomic E-state index is -1.08. The fraction of sp³-hybridized carbons (Fsp3) is 0.423. The summed E-state index contributed by atoms with van der Waals surface area (Å²) >= 11 is 0. The number of phenolic OH excluding ortho intramolecular Hbond substituents is 1. The first-order valence-corrected chi connectivity index (χ1v) is 33.5. The van der Waals surface area contributed by atoms with E-state index in [0.717, 1.165) is 16.7 Å². The number of ether oxygens (including phenoxy) is 1. The first-order valence-electron chi connectivity index (χ1n) is 33.5. The van der Waals surface area contributed by atoms with Crippen molar-refractivity contribution in [3.63, 3.8) is 0 Å². The van der Waals surface area contributed by atoms with Crippen molar-refractivity contribution in [3.05, 3.63) is 156 Å². The van der Waals surface area contributed by atoms with E-state index in [0.29, 0.717) is 41.7 Å². The lowest BCUT2D eigenvalue weighted by Crippen LogP contribution is -2.50. The normalized spacial score (nSPS) is 14.4. The zero-order chi connectivity index (χ0) is 72.0. The topological polar surface area (TPSA) is 408 Å². The van der Waals surface area contributed by atoms with Gasteiger partial charge in [0.1, 0.15) is 23.6 Å². The van der Waals surface area contributed by atoms with E-state index < -0.39 is 71.5 Å². The summed E-state index contributed by atoms with van der Waals surface area (Å²) in [5, 5.41) is 60.6. The summed E-state index contributed by atoms with van der Waals surface area (Å²) in [6.45, 7) is 3.38. The maximum absolute atomic E-state index is 14.6. The highest BCUT2D eigenvalue weighted by molar-refractivity contribution is 5.95. The molecule has 29 heteroatoms. The van der Waals surface area contributed by atoms with Crippen LogP contribution in [0.3, 0.4) is 0 Å². The number of hydrogen-bond donors (Lipinski definition) is 13. The van der Waals surface area contributed by atoms with E-state index in [2.05, 4.69) is 47.5 Å². The van der Waals surface area contributed by atoms with Crippen LogP contribution in [0.1, 0.15) is 73.6 Å². The van der Waals surface area contributed by atoms with Gasteiger partial charge in [0.25, 0.3) is 0 Å². The van der Waals surface area contributed by atoms with Crippen LogP contribution in [-0.4, -0.2) is 235 Å². The molecule has 1 heterocycles. The minimum Gasteiger partial charge on any atom is -0.508 e. The summed E-state index contributed by atoms with van der Waals surface area (Å²) < 4.78 is 6.22. The Bertz CT molecular complexity index is 3450. The molecular weight excluding hydrogens is 1290 g/mol. The molecule has 0 saturated carbocycles. The van der Waals surface area contributed by atoms with Gasteiger partial charge in [-0.2, -0.15) is 0 Å². The van der Waals surface area contributed by atoms with E-state index in [-0.39, 0.29) is 168 Å². The molecule has 0 radical (unpaired) electrons. The maximum Gasteiger partial charge on any atom is 0.321 e. The second-order valence-corrected chi connectivity index (χ2v) is 24.0. The van der Waals surface area contributed by atoms with E-state index in [1.165, 1.54) is 12.1 Å². The summed E-state index contributed by atoms with van der Waals surface area (Å²) in [4.78, 5) is 140. The van der Waals surface area contributed by atoms with E-state index in [4.69, 9.17) is 10.5 Å². The zero-order valence-electron chi connectivity index (χ0n) is 56.4. The van der Waals surface area contributed by atoms with Crippen molar-refractivity contribution < 1.29 is 73.1 Å². The van der Waals surface area contributed by atoms with Crippen LogP contribution in [0.15, 0.2) is 138 Å². The molecular formula is C71H94N14O15. The van der Waals surface area contributed by atoms with Crippen molar-refractivity contribution in [2.45, 2.75) is 76.4 Å². The lowest BCUT2D eigenvalue weighted by molar-refractivity contribution is -0.140. The molecule has 0 spiro atoms. The second-order valence-electron chi connectivity index (χ2n) is 24.0. The Kier molecular flexibility index (Phi) is 33.8. The minimum absolute atomic E-state index is 0.0627. The van der Waals surface area contributed by atoms with Crippen LogP contribution in [0.2, 0.25) is 0 Å². The van der Waals surface area contributed by atoms with Crippen molar-refractivity contribution in [1.29, 1.82) is 0 Å². The maximum atomic E-state index is 14.6. The Morgan fingerprint density at radius 1 is 0.510 bits per heavy atom. The predicted molar refractivity (Wildman–Crippen MR) is 374 cm³/mol. The van der Waals surface area contributed by atoms with Gasteiger partial charge in [-0.05, 0) is 83.3 Å². The number of aliphatic imine (C=N–C) groups is 1. The van der Waals surface area contributed by atoms with Crippen molar-refractivity contribution in [3.8, 4) is 22.6 Å². The smallest absolute Gasteiger partial charge is 0.321 e. The monoisotopic (exact) mass is 1380 g/mol. The van der Waals surface area contributed by atoms with Crippen molar-refractivity contribution in [2.75, 3.05) is 118 Å². The Morgan fingerprint density at radius 2 is 1.05 bits per heavy atom. The molecule has 1 aliphatic heterocycles. The van der Waals surface area contributed by atoms with Gasteiger partial charge in [-0.25, -0.2) is 4.79 Å². The highest BCUT2D eigenvalue weighted by Gasteiger charge is 2.29. The molecule has 1 aliphatic rings. The third kappa shape index (κ3) is 30.1. The summed E-state index contributed by atoms with van der Waals surface area (Å²) in [5.41, 5.74) is 10.7. The first kappa shape index (κ1) is 78.5. The fourth-order valence-electron chi connectivity index (χ4n) is 10.9. The van der Waals surface area contributed by atoms with E-state index in [1.807, 2.05) is 72.8 Å². The molecule has 1 saturated heterocycles. The Hall–Kier alpha value is -10.5. The third-order valence-electron chi connectivity index (χ3n) is 16.2. The number of phenols is 1. The van der Waals surface area contributed by atoms with Crippen molar-refractivity contribution in [1.82, 2.24) is 62.1 Å². The lowest BCUT2D eigenvalue weighted by atomic mass is 9.90. The molecule has 0 aromatic heterocycles. The van der Waals surface area contributed by atoms with Crippen LogP contribution in [0.4, 0.5) is 4.79 Å². The number of carboxylic acid groups (broad SMARTS) is 3. The van der Waals surface area contributed by atoms with E-state index in [1.54, 1.807) is 75.1 Å². The van der Waals surface area contributed by atoms with Gasteiger partial charge in [0.2, 0.25) is 35.4 Å². The summed E-state index contributed by atoms with van der Waals surface area (Å²) in [7, 11) is 0. The molecule has 1 unspecified atom stereocenters. The number of amides is 8. The summed E-state index contributed by atoms with van der Waals surface area (Å²) in [6.07, 6.45) is 1.66. The SMILES string of the molecule is CCC(=O)NCCNC(=O)NC(N)=NCCC[C@@H](NC(=O)C(c1ccccc1)c1cccc(OCCCCNC(=O)[C@@H](Cc2ccc(-c3ccccc3)cc2)NC(=O)CCNC(=O)CN2CCN(CC(=O)O)CCN(CC(=O)O)CCN(CC(=O)O)CC2)c1)C(=O)NCc1ccc(O)cc1. The number of urea groups is 1. The van der Waals surface area contributed by atoms with Gasteiger partial charge in [0, 0.05) is 111 Å². The van der Waals surface area contributed by atoms with Crippen LogP contribution < -0.4 is 53.0 Å². The van der Waals surface area contributed by atoms with Crippen LogP contribution in [0, 0.1) is 0 Å². The molecule has 14 N–H and O–H groups in total. The second kappa shape index (κ2) is 43.0. The van der Waals surface area contributed by atoms with Gasteiger partial charge >= 0.3 is 23.9 Å². The standard InChI is InChI=1S/C71H94N14O15/c1-2-60(87)74-32-33-77-71(99)81-70(72)76-30-12-19-58(67(96)78-45-51-22-26-56(86)27-23-51)80-69(98)66(54-15-7-4-8-16-54)55-17-11-18-57(44-55)100-42-10-9-29-75-68(97)59(43-50-20-24-53(25-21-50)52-13-5-3-6-14-52)79-61(88)28-31-73-62(89)46-82-34-36-83(47-63(90)91)38-40-85(49-65(94)95)41-39-84(37-35-82)48-64(92)93/h3-8,11,13-18,20-27,44,58-59,66,86H,2,9-10,12,19,28-43,45-49H2,1H3,(H,73,89)(H,74,87)(H,75,97)(H,78,96)(H,79,88)(H,80,98)(H,90,91)(H,92,93)(H,94,95)(H4,72,76,77,81,99)/t58-,59-,66?/m1/s1. The molecule has 8 amide bonds. The third-order valence-corrected chi connectivity index (χ3v) is 16.2. The number of unbranched alkanes of at least 4 members (excludes halogenated alkanes) is 1. The average Bonchev–Trinajstić information content (AvgIpc) is 0.814. The molecule has 5 aromatic rings. The zero-order valence-corrected chi connectivity index (χ0v) is 56.4. The Labute approximate surface area is 581 Å². The first-order chi connectivity index (χ1) is 48.2. The number of aromatic hydroxyl groups is 1. The van der Waals surface area contributed by atoms with Gasteiger partial charge in [0.15, 0.2) is 5.96 Å². The number of guanidine groups is 1. The Balaban J connectivity index is 1.05. The lowest BCUT2D eigenvalue weighted by Gasteiger charge is -2.32. The van der Waals surface area contributed by atoms with E-state index >= 15 is 0 Å². The molecule has 5 aromatic carbocycles. The number of hydrogen-bond acceptors (Lipinski definition) is 17. The summed E-state index contributed by atoms with van der Waals surface area (Å²) in [5.74, 6) is -6.23. The molecule has 100 heavy (non-hydrogen) atoms. The van der Waals surface area contributed by atoms with Gasteiger partial charge in [0.05, 0.1) is 38.7 Å². The molecule has 29 nitrogen and oxygen atoms in total. The van der Waals surface area contributed by atoms with Gasteiger partial charge < -0.3 is 68.1 Å². The van der Waals surface area contributed by atoms with Crippen molar-refractivity contribution in [2.24, 2.45) is 10.7 Å². The van der Waals surface area contributed by atoms with Gasteiger partial charge in [-0.1, -0.05) is 116 Å². The Morgan fingerprint density at radius 3 is 1.65 bits per heavy atom. The highest BCUT2D eigenvalue weighted by atomic mass is 16.5. The number of nitrogens with zero attached hydrogens (tertiary/aromatic N) is 5. The van der Waals surface area contributed by atoms with Crippen LogP contribution in [-0.2, 0) is 56.1 Å². The molecule has 3 atom stereocenters. The van der Waals surface area contributed by atoms with Crippen LogP contribution >= 0.6 is 0 Å². The molecule has 538 valence electrons. The average molecular weight is 1380 g/mol. The fourth-order valence-corrected chi connectivity index (χ4v) is 10.9. The quantitative estimate of drug-likeness (QED) is 0.0153. The molecule has 6 rings (SSSR count). The number of nitrogens with one attached hydrogen (secondary N) is 8. The molecule has 1 fully saturated rings. The van der Waals surface area contributed by atoms with Gasteiger partial charge in [-0.15, -0.1) is 0 Å². The highest BCUT2D eigenvalue weighted by Crippen LogP contribution is 2.29. The van der Waals surface area contributed by atoms with Crippen LogP contribution in [0.25, 0.3) is 11.1 Å². The summed E-state index contributed by atoms with van der Waals surface area (Å²) in [6, 6.07) is 37.2. The van der Waals surface area contributed by atoms with Crippen LogP contribution in [0.5, 0.6) is 11.5 Å². The number of rotatable bonds is 37. The number of carbonyl (C=O) groups excluding carboxylic acids is 7. The number of carbonyl (C=O) groups is 10. The number of carboxylic acids is 3. The molecule has 0 aliphatic carbocycles. The van der Waals surface area contributed by atoms with E-state index in [9.17, 15) is 68.4 Å². The van der Waals surface area contributed by atoms with Gasteiger partial charge in [-0.3, -0.25) is 73.1 Å². The predicted octanol–water partition coefficient (Wildman–Crippen LogP) is 1.90. The number of aliphatic carboxylic acids is 3. The molecule has 0 bridgehead atoms.